The molecule has 0 radical (unpaired) electrons. The van der Waals surface area contributed by atoms with Crippen molar-refractivity contribution in [1.29, 1.82) is 0 Å². The molecule has 0 aliphatic carbocycles. The number of nitrogens with two attached hydrogens (primary N) is 1. The average molecular weight is 264 g/mol. The molecule has 0 atom stereocenters. The van der Waals surface area contributed by atoms with E-state index in [0.717, 1.165) is 17.9 Å². The highest BCUT2D eigenvalue weighted by Gasteiger charge is 2.10. The quantitative estimate of drug-likeness (QED) is 0.812. The van der Waals surface area contributed by atoms with Crippen LogP contribution in [0.5, 0.6) is 0 Å². The van der Waals surface area contributed by atoms with E-state index in [9.17, 15) is 4.79 Å². The molecule has 0 aromatic carbocycles. The molecular weight excluding hydrogens is 240 g/mol. The van der Waals surface area contributed by atoms with Crippen LogP contribution in [0, 0.1) is 0 Å². The van der Waals surface area contributed by atoms with Crippen LogP contribution in [0.15, 0.2) is 18.3 Å². The van der Waals surface area contributed by atoms with Crippen molar-refractivity contribution in [3.05, 3.63) is 23.9 Å². The highest BCUT2D eigenvalue weighted by Crippen LogP contribution is 2.11. The number of amides is 1. The first-order valence-electron chi connectivity index (χ1n) is 6.55. The molecule has 1 aromatic heterocycles. The van der Waals surface area contributed by atoms with Crippen molar-refractivity contribution in [2.24, 2.45) is 5.73 Å². The first-order valence-corrected chi connectivity index (χ1v) is 6.55. The first kappa shape index (κ1) is 15.4. The highest BCUT2D eigenvalue weighted by molar-refractivity contribution is 5.79. The topological polar surface area (TPSA) is 71.2 Å². The zero-order valence-electron chi connectivity index (χ0n) is 12.2. The summed E-state index contributed by atoms with van der Waals surface area (Å²) in [7, 11) is 0. The van der Waals surface area contributed by atoms with Gasteiger partial charge in [-0.25, -0.2) is 4.98 Å². The summed E-state index contributed by atoms with van der Waals surface area (Å²) in [5, 5.41) is 3.41. The van der Waals surface area contributed by atoms with Gasteiger partial charge >= 0.3 is 0 Å². The smallest absolute Gasteiger partial charge is 0.236 e. The predicted octanol–water partition coefficient (Wildman–Crippen LogP) is 1.28. The molecule has 106 valence electrons. The summed E-state index contributed by atoms with van der Waals surface area (Å²) < 4.78 is 0. The van der Waals surface area contributed by atoms with Gasteiger partial charge in [-0.1, -0.05) is 6.07 Å². The van der Waals surface area contributed by atoms with Gasteiger partial charge in [-0.05, 0) is 39.3 Å². The lowest BCUT2D eigenvalue weighted by Crippen LogP contribution is -2.35. The van der Waals surface area contributed by atoms with Gasteiger partial charge in [0.25, 0.3) is 0 Å². The second-order valence-electron chi connectivity index (χ2n) is 5.61. The number of nitrogens with zero attached hydrogens (tertiary/aromatic N) is 2. The summed E-state index contributed by atoms with van der Waals surface area (Å²) >= 11 is 0. The lowest BCUT2D eigenvalue weighted by Gasteiger charge is -2.22. The summed E-state index contributed by atoms with van der Waals surface area (Å²) in [6, 6.07) is 3.94. The van der Waals surface area contributed by atoms with E-state index in [-0.39, 0.29) is 18.0 Å². The summed E-state index contributed by atoms with van der Waals surface area (Å²) in [5.41, 5.74) is 6.42. The summed E-state index contributed by atoms with van der Waals surface area (Å²) in [4.78, 5) is 17.2. The van der Waals surface area contributed by atoms with E-state index < -0.39 is 0 Å². The highest BCUT2D eigenvalue weighted by atomic mass is 16.1. The second-order valence-corrected chi connectivity index (χ2v) is 5.61. The Morgan fingerprint density at radius 2 is 2.11 bits per heavy atom. The zero-order valence-corrected chi connectivity index (χ0v) is 12.2. The molecule has 0 spiro atoms. The molecule has 1 rings (SSSR count). The minimum Gasteiger partial charge on any atom is -0.368 e. The molecule has 0 saturated carbocycles. The number of primary amides is 1. The molecule has 1 aromatic rings. The number of hydrogen-bond donors (Lipinski definition) is 2. The molecule has 0 saturated heterocycles. The molecule has 0 aliphatic heterocycles. The fourth-order valence-corrected chi connectivity index (χ4v) is 1.62. The maximum absolute atomic E-state index is 11.0. The first-order chi connectivity index (χ1) is 8.81. The summed E-state index contributed by atoms with van der Waals surface area (Å²) in [6.07, 6.45) is 1.83. The Kier molecular flexibility index (Phi) is 5.30. The van der Waals surface area contributed by atoms with E-state index in [1.165, 1.54) is 0 Å². The van der Waals surface area contributed by atoms with Gasteiger partial charge in [-0.3, -0.25) is 4.79 Å². The zero-order chi connectivity index (χ0) is 14.5. The molecule has 0 unspecified atom stereocenters. The van der Waals surface area contributed by atoms with Crippen molar-refractivity contribution >= 4 is 11.7 Å². The van der Waals surface area contributed by atoms with Gasteiger partial charge in [0.05, 0.1) is 6.54 Å². The van der Waals surface area contributed by atoms with E-state index in [4.69, 9.17) is 5.73 Å². The van der Waals surface area contributed by atoms with Crippen LogP contribution in [-0.2, 0) is 11.3 Å². The number of anilines is 1. The van der Waals surface area contributed by atoms with E-state index in [1.54, 1.807) is 0 Å². The Morgan fingerprint density at radius 1 is 1.42 bits per heavy atom. The van der Waals surface area contributed by atoms with Gasteiger partial charge in [-0.2, -0.15) is 0 Å². The monoisotopic (exact) mass is 264 g/mol. The van der Waals surface area contributed by atoms with Crippen LogP contribution in [0.25, 0.3) is 0 Å². The molecule has 3 N–H and O–H groups in total. The number of carbonyl (C=O) groups is 1. The minimum absolute atomic E-state index is 0.0834. The lowest BCUT2D eigenvalue weighted by atomic mass is 10.1. The number of pyridine rings is 1. The maximum atomic E-state index is 11.0. The van der Waals surface area contributed by atoms with E-state index in [1.807, 2.05) is 30.2 Å². The number of carbonyl (C=O) groups excluding carboxylic acids is 1. The van der Waals surface area contributed by atoms with Crippen molar-refractivity contribution in [2.45, 2.75) is 39.8 Å². The maximum Gasteiger partial charge on any atom is 0.236 e. The number of nitrogens with one attached hydrogen (secondary N) is 1. The Labute approximate surface area is 115 Å². The van der Waals surface area contributed by atoms with Crippen molar-refractivity contribution < 1.29 is 4.79 Å². The third kappa shape index (κ3) is 5.70. The van der Waals surface area contributed by atoms with Gasteiger partial charge in [0.1, 0.15) is 5.82 Å². The largest absolute Gasteiger partial charge is 0.368 e. The molecule has 5 nitrogen and oxygen atoms in total. The van der Waals surface area contributed by atoms with Gasteiger partial charge in [-0.15, -0.1) is 0 Å². The van der Waals surface area contributed by atoms with Crippen LogP contribution in [0.3, 0.4) is 0 Å². The molecule has 0 aliphatic rings. The molecule has 1 amide bonds. The number of aromatic nitrogens is 1. The van der Waals surface area contributed by atoms with Crippen LogP contribution in [0.1, 0.15) is 33.3 Å². The van der Waals surface area contributed by atoms with Crippen molar-refractivity contribution in [3.8, 4) is 0 Å². The average Bonchev–Trinajstić information content (AvgIpc) is 2.33. The van der Waals surface area contributed by atoms with E-state index >= 15 is 0 Å². The van der Waals surface area contributed by atoms with Gasteiger partial charge in [0.15, 0.2) is 0 Å². The second kappa shape index (κ2) is 6.52. The third-order valence-corrected chi connectivity index (χ3v) is 2.68. The molecule has 19 heavy (non-hydrogen) atoms. The molecule has 1 heterocycles. The Hall–Kier alpha value is -1.62. The van der Waals surface area contributed by atoms with Crippen LogP contribution < -0.4 is 16.0 Å². The fraction of sp³-hybridized carbons (Fsp3) is 0.571. The summed E-state index contributed by atoms with van der Waals surface area (Å²) in [5.74, 6) is 0.433. The van der Waals surface area contributed by atoms with Crippen LogP contribution in [0.2, 0.25) is 0 Å². The van der Waals surface area contributed by atoms with E-state index in [0.29, 0.717) is 6.54 Å². The lowest BCUT2D eigenvalue weighted by molar-refractivity contribution is -0.116. The van der Waals surface area contributed by atoms with Crippen molar-refractivity contribution in [1.82, 2.24) is 10.3 Å². The number of hydrogen-bond acceptors (Lipinski definition) is 4. The van der Waals surface area contributed by atoms with E-state index in [2.05, 4.69) is 31.1 Å². The SMILES string of the molecule is CCN(CC(N)=O)c1ccc(CNC(C)(C)C)cn1. The van der Waals surface area contributed by atoms with Gasteiger partial charge in [0.2, 0.25) is 5.91 Å². The van der Waals surface area contributed by atoms with Crippen LogP contribution in [-0.4, -0.2) is 29.5 Å². The standard InChI is InChI=1S/C14H24N4O/c1-5-18(10-12(15)19)13-7-6-11(8-16-13)9-17-14(2,3)4/h6-8,17H,5,9-10H2,1-4H3,(H2,15,19). The van der Waals surface area contributed by atoms with Crippen LogP contribution in [0.4, 0.5) is 5.82 Å². The fourth-order valence-electron chi connectivity index (χ4n) is 1.62. The minimum atomic E-state index is -0.345. The third-order valence-electron chi connectivity index (χ3n) is 2.68. The predicted molar refractivity (Wildman–Crippen MR) is 77.9 cm³/mol. The van der Waals surface area contributed by atoms with Crippen molar-refractivity contribution in [2.75, 3.05) is 18.0 Å². The van der Waals surface area contributed by atoms with Crippen LogP contribution >= 0.6 is 0 Å². The van der Waals surface area contributed by atoms with Gasteiger partial charge < -0.3 is 16.0 Å². The summed E-state index contributed by atoms with van der Waals surface area (Å²) in [6.45, 7) is 10.0. The molecule has 5 heteroatoms. The molecular formula is C14H24N4O. The Balaban J connectivity index is 2.67. The normalized spacial score (nSPS) is 11.4. The molecule has 0 fully saturated rings. The van der Waals surface area contributed by atoms with Gasteiger partial charge in [0, 0.05) is 24.8 Å². The number of rotatable bonds is 6. The number of likely N-dealkylation sites (N-methyl/N-ethyl adjacent to an activating group) is 1. The Bertz CT molecular complexity index is 408. The van der Waals surface area contributed by atoms with Crippen molar-refractivity contribution in [3.63, 3.8) is 0 Å². The molecule has 0 bridgehead atoms. The Morgan fingerprint density at radius 3 is 2.53 bits per heavy atom.